The number of halogens is 1. The Hall–Kier alpha value is -4.52. The molecule has 32 heavy (non-hydrogen) atoms. The minimum Gasteiger partial charge on any atom is -0.321 e. The van der Waals surface area contributed by atoms with Crippen LogP contribution in [0.5, 0.6) is 0 Å². The molecular formula is C25H16FN5O. The van der Waals surface area contributed by atoms with Gasteiger partial charge in [-0.3, -0.25) is 4.79 Å². The van der Waals surface area contributed by atoms with Crippen molar-refractivity contribution in [3.63, 3.8) is 0 Å². The highest BCUT2D eigenvalue weighted by Gasteiger charge is 2.14. The number of hydrogen-bond acceptors (Lipinski definition) is 3. The maximum atomic E-state index is 13.5. The van der Waals surface area contributed by atoms with Gasteiger partial charge in [0, 0.05) is 17.3 Å². The van der Waals surface area contributed by atoms with Crippen LogP contribution in [0.25, 0.3) is 39.8 Å². The van der Waals surface area contributed by atoms with Crippen molar-refractivity contribution in [2.24, 2.45) is 0 Å². The molecule has 154 valence electrons. The molecule has 0 aliphatic carbocycles. The lowest BCUT2D eigenvalue weighted by Gasteiger charge is -2.00. The Kier molecular flexibility index (Phi) is 4.01. The minimum atomic E-state index is -0.318. The monoisotopic (exact) mass is 421 g/mol. The fourth-order valence-corrected chi connectivity index (χ4v) is 3.90. The highest BCUT2D eigenvalue weighted by molar-refractivity contribution is 5.79. The van der Waals surface area contributed by atoms with Crippen molar-refractivity contribution in [2.45, 2.75) is 0 Å². The summed E-state index contributed by atoms with van der Waals surface area (Å²) in [7, 11) is 0. The molecule has 0 fully saturated rings. The van der Waals surface area contributed by atoms with Crippen LogP contribution in [0.2, 0.25) is 0 Å². The van der Waals surface area contributed by atoms with E-state index in [1.54, 1.807) is 27.3 Å². The van der Waals surface area contributed by atoms with Crippen LogP contribution in [0.1, 0.15) is 5.56 Å². The summed E-state index contributed by atoms with van der Waals surface area (Å²) in [6.07, 6.45) is 3.62. The Morgan fingerprint density at radius 2 is 1.66 bits per heavy atom. The molecular weight excluding hydrogens is 405 g/mol. The molecule has 3 aromatic carbocycles. The zero-order valence-electron chi connectivity index (χ0n) is 16.7. The van der Waals surface area contributed by atoms with Gasteiger partial charge in [0.2, 0.25) is 5.78 Å². The molecule has 0 saturated heterocycles. The van der Waals surface area contributed by atoms with Gasteiger partial charge in [0.15, 0.2) is 0 Å². The number of H-pyrrole nitrogens is 1. The molecule has 6 nitrogen and oxygen atoms in total. The molecule has 6 rings (SSSR count). The van der Waals surface area contributed by atoms with E-state index in [1.165, 1.54) is 12.1 Å². The van der Waals surface area contributed by atoms with Crippen molar-refractivity contribution in [1.29, 1.82) is 0 Å². The third kappa shape index (κ3) is 2.91. The first-order valence-corrected chi connectivity index (χ1v) is 10.1. The molecule has 6 aromatic rings. The number of fused-ring (bicyclic) bond motifs is 3. The first-order valence-electron chi connectivity index (χ1n) is 10.1. The maximum Gasteiger partial charge on any atom is 0.281 e. The predicted octanol–water partition coefficient (Wildman–Crippen LogP) is 3.72. The van der Waals surface area contributed by atoms with Gasteiger partial charge in [-0.05, 0) is 54.6 Å². The van der Waals surface area contributed by atoms with E-state index in [0.29, 0.717) is 16.8 Å². The average Bonchev–Trinajstić information content (AvgIpc) is 3.48. The highest BCUT2D eigenvalue weighted by Crippen LogP contribution is 2.24. The Balaban J connectivity index is 1.58. The standard InChI is InChI=1S/C25H16FN5O/c26-18-12-10-16(11-13-18)23-17(15-30(29-23)19-6-2-1-3-7-19)14-21-24(32)31-22-9-5-4-8-20(22)27-25(31)28-21/h1-15H,(H,27,28)/b21-14-. The smallest absolute Gasteiger partial charge is 0.281 e. The van der Waals surface area contributed by atoms with E-state index in [1.807, 2.05) is 60.8 Å². The first kappa shape index (κ1) is 18.3. The average molecular weight is 421 g/mol. The number of nitrogens with one attached hydrogen (secondary N) is 1. The molecule has 0 spiro atoms. The normalized spacial score (nSPS) is 12.2. The van der Waals surface area contributed by atoms with E-state index in [2.05, 4.69) is 9.97 Å². The van der Waals surface area contributed by atoms with Crippen LogP contribution in [0.4, 0.5) is 4.39 Å². The first-order chi connectivity index (χ1) is 15.7. The summed E-state index contributed by atoms with van der Waals surface area (Å²) >= 11 is 0. The fourth-order valence-electron chi connectivity index (χ4n) is 3.90. The third-order valence-electron chi connectivity index (χ3n) is 5.42. The molecule has 7 heteroatoms. The van der Waals surface area contributed by atoms with Crippen LogP contribution in [0.15, 0.2) is 89.9 Å². The maximum absolute atomic E-state index is 13.5. The second kappa shape index (κ2) is 7.02. The van der Waals surface area contributed by atoms with Gasteiger partial charge in [-0.15, -0.1) is 0 Å². The van der Waals surface area contributed by atoms with E-state index in [4.69, 9.17) is 5.10 Å². The van der Waals surface area contributed by atoms with Gasteiger partial charge in [-0.1, -0.05) is 30.3 Å². The van der Waals surface area contributed by atoms with Crippen LogP contribution in [0.3, 0.4) is 0 Å². The minimum absolute atomic E-state index is 0.189. The number of nitrogens with zero attached hydrogens (tertiary/aromatic N) is 4. The van der Waals surface area contributed by atoms with E-state index < -0.39 is 0 Å². The fraction of sp³-hybridized carbons (Fsp3) is 0. The lowest BCUT2D eigenvalue weighted by molar-refractivity contribution is 0.628. The van der Waals surface area contributed by atoms with Gasteiger partial charge < -0.3 is 4.98 Å². The van der Waals surface area contributed by atoms with Crippen molar-refractivity contribution in [3.05, 3.63) is 112 Å². The summed E-state index contributed by atoms with van der Waals surface area (Å²) in [6, 6.07) is 23.3. The van der Waals surface area contributed by atoms with Gasteiger partial charge in [0.1, 0.15) is 16.9 Å². The number of imidazole rings is 2. The van der Waals surface area contributed by atoms with E-state index in [0.717, 1.165) is 27.8 Å². The largest absolute Gasteiger partial charge is 0.321 e. The van der Waals surface area contributed by atoms with Gasteiger partial charge in [0.05, 0.1) is 16.7 Å². The summed E-state index contributed by atoms with van der Waals surface area (Å²) in [5.74, 6) is 0.169. The predicted molar refractivity (Wildman–Crippen MR) is 121 cm³/mol. The second-order valence-corrected chi connectivity index (χ2v) is 7.47. The van der Waals surface area contributed by atoms with Crippen LogP contribution in [-0.2, 0) is 0 Å². The van der Waals surface area contributed by atoms with Gasteiger partial charge in [-0.25, -0.2) is 18.5 Å². The van der Waals surface area contributed by atoms with Gasteiger partial charge in [0.25, 0.3) is 5.56 Å². The molecule has 0 radical (unpaired) electrons. The molecule has 0 amide bonds. The van der Waals surface area contributed by atoms with Crippen molar-refractivity contribution >= 4 is 22.9 Å². The lowest BCUT2D eigenvalue weighted by Crippen LogP contribution is -2.25. The number of hydrogen-bond donors (Lipinski definition) is 1. The van der Waals surface area contributed by atoms with Crippen molar-refractivity contribution < 1.29 is 4.39 Å². The van der Waals surface area contributed by atoms with E-state index in [-0.39, 0.29) is 11.4 Å². The zero-order valence-corrected chi connectivity index (χ0v) is 16.7. The number of benzene rings is 3. The van der Waals surface area contributed by atoms with Crippen molar-refractivity contribution in [3.8, 4) is 16.9 Å². The summed E-state index contributed by atoms with van der Waals surface area (Å²) < 4.78 is 16.8. The van der Waals surface area contributed by atoms with E-state index >= 15 is 0 Å². The molecule has 3 aromatic heterocycles. The molecule has 0 saturated carbocycles. The summed E-state index contributed by atoms with van der Waals surface area (Å²) in [5.41, 5.74) is 4.32. The number of rotatable bonds is 3. The Labute approximate surface area is 180 Å². The number of aromatic amines is 1. The molecule has 0 aliphatic heterocycles. The van der Waals surface area contributed by atoms with Crippen LogP contribution in [-0.4, -0.2) is 24.1 Å². The van der Waals surface area contributed by atoms with Crippen molar-refractivity contribution in [2.75, 3.05) is 0 Å². The topological polar surface area (TPSA) is 68.0 Å². The summed E-state index contributed by atoms with van der Waals surface area (Å²) in [6.45, 7) is 0. The number of aromatic nitrogens is 5. The van der Waals surface area contributed by atoms with Gasteiger partial charge >= 0.3 is 0 Å². The molecule has 0 atom stereocenters. The highest BCUT2D eigenvalue weighted by atomic mass is 19.1. The van der Waals surface area contributed by atoms with Crippen molar-refractivity contribution in [1.82, 2.24) is 24.1 Å². The zero-order chi connectivity index (χ0) is 21.7. The SMILES string of the molecule is O=c1/c(=C/c2cn(-c3ccccc3)nc2-c2ccc(F)cc2)[nH]c2nc3ccccc3n12. The third-order valence-corrected chi connectivity index (χ3v) is 5.42. The number of para-hydroxylation sites is 3. The molecule has 0 unspecified atom stereocenters. The lowest BCUT2D eigenvalue weighted by atomic mass is 10.1. The Morgan fingerprint density at radius 1 is 0.906 bits per heavy atom. The quantitative estimate of drug-likeness (QED) is 0.474. The molecule has 3 heterocycles. The summed E-state index contributed by atoms with van der Waals surface area (Å²) in [5, 5.41) is 5.12. The summed E-state index contributed by atoms with van der Waals surface area (Å²) in [4.78, 5) is 20.8. The van der Waals surface area contributed by atoms with Crippen LogP contribution in [0, 0.1) is 5.82 Å². The van der Waals surface area contributed by atoms with Crippen LogP contribution >= 0.6 is 0 Å². The molecule has 0 bridgehead atoms. The molecule has 1 N–H and O–H groups in total. The second-order valence-electron chi connectivity index (χ2n) is 7.47. The van der Waals surface area contributed by atoms with E-state index in [9.17, 15) is 9.18 Å². The van der Waals surface area contributed by atoms with Gasteiger partial charge in [-0.2, -0.15) is 5.10 Å². The Morgan fingerprint density at radius 3 is 2.47 bits per heavy atom. The molecule has 0 aliphatic rings. The Bertz CT molecular complexity index is 1700. The van der Waals surface area contributed by atoms with Crippen LogP contribution < -0.4 is 10.9 Å².